The van der Waals surface area contributed by atoms with Crippen molar-refractivity contribution >= 4 is 12.2 Å². The maximum atomic E-state index is 12.7. The summed E-state index contributed by atoms with van der Waals surface area (Å²) in [6.45, 7) is 9.98. The minimum Gasteiger partial charge on any atom is -0.443 e. The van der Waals surface area contributed by atoms with Crippen LogP contribution in [0.15, 0.2) is 11.6 Å². The Labute approximate surface area is 189 Å². The number of rotatable bonds is 7. The van der Waals surface area contributed by atoms with E-state index in [0.717, 1.165) is 12.8 Å². The first kappa shape index (κ1) is 23.3. The predicted octanol–water partition coefficient (Wildman–Crippen LogP) is 2.63. The van der Waals surface area contributed by atoms with Gasteiger partial charge in [-0.15, -0.1) is 0 Å². The summed E-state index contributed by atoms with van der Waals surface area (Å²) in [4.78, 5) is 25.8. The molecule has 1 N–H and O–H groups in total. The van der Waals surface area contributed by atoms with E-state index < -0.39 is 12.2 Å². The average molecular weight is 453 g/mol. The van der Waals surface area contributed by atoms with Crippen LogP contribution in [0.2, 0.25) is 0 Å². The van der Waals surface area contributed by atoms with E-state index in [1.54, 1.807) is 12.0 Å². The van der Waals surface area contributed by atoms with Crippen molar-refractivity contribution in [2.45, 2.75) is 82.6 Å². The van der Waals surface area contributed by atoms with Gasteiger partial charge in [-0.05, 0) is 47.0 Å². The average Bonchev–Trinajstić information content (AvgIpc) is 3.61. The molecule has 1 aliphatic carbocycles. The molecule has 3 aliphatic heterocycles. The molecule has 3 saturated heterocycles. The number of allylic oxidation sites excluding steroid dienone is 1. The SMILES string of the molecule is CCNC(=O)OC1CN(C(=O)OC2CCC3(CO3)C([C@@]3(C)O[C@@H]3CC=C(C)C)C2OC)C1. The van der Waals surface area contributed by atoms with Gasteiger partial charge in [0.25, 0.3) is 0 Å². The van der Waals surface area contributed by atoms with Crippen molar-refractivity contribution in [1.29, 1.82) is 0 Å². The van der Waals surface area contributed by atoms with Gasteiger partial charge in [0, 0.05) is 13.7 Å². The molecule has 4 aliphatic rings. The number of nitrogens with one attached hydrogen (secondary N) is 1. The van der Waals surface area contributed by atoms with Gasteiger partial charge in [-0.1, -0.05) is 11.6 Å². The van der Waals surface area contributed by atoms with Gasteiger partial charge in [-0.3, -0.25) is 0 Å². The fourth-order valence-corrected chi connectivity index (χ4v) is 5.27. The van der Waals surface area contributed by atoms with Gasteiger partial charge in [-0.25, -0.2) is 9.59 Å². The standard InChI is InChI=1S/C23H36N2O7/c1-6-24-20(26)30-15-11-25(12-15)21(27)31-16-9-10-23(13-29-23)19(18(16)28-5)22(4)17(32-22)8-7-14(2)3/h7,15-19H,6,8-13H2,1-5H3,(H,24,26)/t16?,17-,18?,19?,22+,23?/m1/s1. The lowest BCUT2D eigenvalue weighted by Gasteiger charge is -2.44. The summed E-state index contributed by atoms with van der Waals surface area (Å²) in [7, 11) is 1.66. The lowest BCUT2D eigenvalue weighted by molar-refractivity contribution is -0.126. The van der Waals surface area contributed by atoms with Crippen LogP contribution in [0.3, 0.4) is 0 Å². The van der Waals surface area contributed by atoms with Gasteiger partial charge < -0.3 is 33.9 Å². The van der Waals surface area contributed by atoms with E-state index in [2.05, 4.69) is 32.2 Å². The molecule has 1 saturated carbocycles. The molecule has 1 spiro atoms. The third-order valence-corrected chi connectivity index (χ3v) is 7.19. The van der Waals surface area contributed by atoms with Crippen molar-refractivity contribution in [2.24, 2.45) is 5.92 Å². The monoisotopic (exact) mass is 452 g/mol. The zero-order valence-electron chi connectivity index (χ0n) is 19.7. The first-order valence-electron chi connectivity index (χ1n) is 11.6. The molecule has 0 aromatic rings. The van der Waals surface area contributed by atoms with Crippen molar-refractivity contribution in [3.8, 4) is 0 Å². The Bertz CT molecular complexity index is 757. The number of nitrogens with zero attached hydrogens (tertiary/aromatic N) is 1. The summed E-state index contributed by atoms with van der Waals surface area (Å²) in [6.07, 6.45) is 2.81. The number of methoxy groups -OCH3 is 1. The Hall–Kier alpha value is -1.84. The number of hydrogen-bond donors (Lipinski definition) is 1. The lowest BCUT2D eigenvalue weighted by atomic mass is 9.68. The number of epoxide rings is 2. The third kappa shape index (κ3) is 4.47. The van der Waals surface area contributed by atoms with Crippen LogP contribution in [0, 0.1) is 5.92 Å². The Morgan fingerprint density at radius 3 is 2.56 bits per heavy atom. The minimum absolute atomic E-state index is 0.00711. The van der Waals surface area contributed by atoms with Crippen LogP contribution in [0.4, 0.5) is 9.59 Å². The fraction of sp³-hybridized carbons (Fsp3) is 0.826. The van der Waals surface area contributed by atoms with Crippen molar-refractivity contribution < 1.29 is 33.3 Å². The van der Waals surface area contributed by atoms with Gasteiger partial charge in [0.1, 0.15) is 29.5 Å². The van der Waals surface area contributed by atoms with E-state index >= 15 is 0 Å². The van der Waals surface area contributed by atoms with E-state index in [1.807, 2.05) is 6.92 Å². The number of amides is 2. The molecule has 4 rings (SSSR count). The molecule has 6 atom stereocenters. The predicted molar refractivity (Wildman–Crippen MR) is 115 cm³/mol. The highest BCUT2D eigenvalue weighted by molar-refractivity contribution is 5.70. The minimum atomic E-state index is -0.463. The van der Waals surface area contributed by atoms with Crippen LogP contribution in [-0.2, 0) is 23.7 Å². The van der Waals surface area contributed by atoms with E-state index in [9.17, 15) is 9.59 Å². The maximum absolute atomic E-state index is 12.7. The summed E-state index contributed by atoms with van der Waals surface area (Å²) in [5.41, 5.74) is 0.652. The molecule has 0 aromatic carbocycles. The summed E-state index contributed by atoms with van der Waals surface area (Å²) in [6, 6.07) is 0. The molecule has 32 heavy (non-hydrogen) atoms. The molecule has 9 nitrogen and oxygen atoms in total. The number of likely N-dealkylation sites (tertiary alicyclic amines) is 1. The van der Waals surface area contributed by atoms with Crippen LogP contribution in [0.1, 0.15) is 47.0 Å². The van der Waals surface area contributed by atoms with Crippen LogP contribution in [-0.4, -0.2) is 86.1 Å². The van der Waals surface area contributed by atoms with Crippen molar-refractivity contribution in [1.82, 2.24) is 10.2 Å². The number of carbonyl (C=O) groups is 2. The zero-order valence-corrected chi connectivity index (χ0v) is 19.7. The third-order valence-electron chi connectivity index (χ3n) is 7.19. The normalized spacial score (nSPS) is 38.0. The molecule has 2 amide bonds. The largest absolute Gasteiger partial charge is 0.443 e. The second kappa shape index (κ2) is 8.83. The highest BCUT2D eigenvalue weighted by Crippen LogP contribution is 2.59. The summed E-state index contributed by atoms with van der Waals surface area (Å²) < 4.78 is 29.2. The molecule has 4 unspecified atom stereocenters. The van der Waals surface area contributed by atoms with E-state index in [1.165, 1.54) is 5.57 Å². The second-order valence-corrected chi connectivity index (χ2v) is 9.76. The lowest BCUT2D eigenvalue weighted by Crippen LogP contribution is -2.59. The molecule has 4 fully saturated rings. The quantitative estimate of drug-likeness (QED) is 0.468. The van der Waals surface area contributed by atoms with E-state index in [4.69, 9.17) is 23.7 Å². The summed E-state index contributed by atoms with van der Waals surface area (Å²) in [5, 5.41) is 2.59. The highest BCUT2D eigenvalue weighted by atomic mass is 16.6. The molecule has 0 aromatic heterocycles. The van der Waals surface area contributed by atoms with Crippen molar-refractivity contribution in [2.75, 3.05) is 33.4 Å². The van der Waals surface area contributed by atoms with Gasteiger partial charge in [0.05, 0.1) is 31.7 Å². The van der Waals surface area contributed by atoms with Crippen LogP contribution >= 0.6 is 0 Å². The van der Waals surface area contributed by atoms with Crippen LogP contribution < -0.4 is 5.32 Å². The highest BCUT2D eigenvalue weighted by Gasteiger charge is 2.72. The number of carbonyl (C=O) groups excluding carboxylic acids is 2. The van der Waals surface area contributed by atoms with Gasteiger partial charge in [0.15, 0.2) is 0 Å². The molecule has 180 valence electrons. The Kier molecular flexibility index (Phi) is 6.44. The topological polar surface area (TPSA) is 102 Å². The maximum Gasteiger partial charge on any atom is 0.410 e. The summed E-state index contributed by atoms with van der Waals surface area (Å²) in [5.74, 6) is -0.00711. The second-order valence-electron chi connectivity index (χ2n) is 9.76. The van der Waals surface area contributed by atoms with Gasteiger partial charge in [0.2, 0.25) is 0 Å². The van der Waals surface area contributed by atoms with Crippen LogP contribution in [0.25, 0.3) is 0 Å². The molecule has 0 radical (unpaired) electrons. The first-order chi connectivity index (χ1) is 15.2. The Morgan fingerprint density at radius 2 is 1.97 bits per heavy atom. The molecule has 9 heteroatoms. The fourth-order valence-electron chi connectivity index (χ4n) is 5.27. The molecule has 0 bridgehead atoms. The molecular formula is C23H36N2O7. The smallest absolute Gasteiger partial charge is 0.410 e. The van der Waals surface area contributed by atoms with Crippen molar-refractivity contribution in [3.05, 3.63) is 11.6 Å². The number of ether oxygens (including phenoxy) is 5. The first-order valence-corrected chi connectivity index (χ1v) is 11.6. The molecule has 3 heterocycles. The van der Waals surface area contributed by atoms with Gasteiger partial charge >= 0.3 is 12.2 Å². The van der Waals surface area contributed by atoms with Gasteiger partial charge in [-0.2, -0.15) is 0 Å². The Morgan fingerprint density at radius 1 is 1.25 bits per heavy atom. The molecular weight excluding hydrogens is 416 g/mol. The zero-order chi connectivity index (χ0) is 23.1. The number of hydrogen-bond acceptors (Lipinski definition) is 7. The van der Waals surface area contributed by atoms with Crippen molar-refractivity contribution in [3.63, 3.8) is 0 Å². The van der Waals surface area contributed by atoms with E-state index in [-0.39, 0.29) is 41.5 Å². The summed E-state index contributed by atoms with van der Waals surface area (Å²) >= 11 is 0. The number of alkyl carbamates (subject to hydrolysis) is 1. The Balaban J connectivity index is 1.36. The van der Waals surface area contributed by atoms with Crippen LogP contribution in [0.5, 0.6) is 0 Å². The van der Waals surface area contributed by atoms with E-state index in [0.29, 0.717) is 32.7 Å².